The number of carboxylic acid groups (broad SMARTS) is 1. The van der Waals surface area contributed by atoms with E-state index in [9.17, 15) is 14.0 Å². The van der Waals surface area contributed by atoms with E-state index in [1.54, 1.807) is 0 Å². The molecule has 0 aliphatic heterocycles. The Hall–Kier alpha value is -1.91. The maximum Gasteiger partial charge on any atom is 0.337 e. The molecule has 2 saturated carbocycles. The molecule has 1 aromatic carbocycles. The number of benzene rings is 1. The van der Waals surface area contributed by atoms with Gasteiger partial charge in [-0.3, -0.25) is 4.79 Å². The lowest BCUT2D eigenvalue weighted by molar-refractivity contribution is -0.118. The van der Waals surface area contributed by atoms with E-state index < -0.39 is 11.8 Å². The maximum atomic E-state index is 13.2. The van der Waals surface area contributed by atoms with Crippen molar-refractivity contribution in [3.63, 3.8) is 0 Å². The van der Waals surface area contributed by atoms with Gasteiger partial charge in [0.05, 0.1) is 11.3 Å². The summed E-state index contributed by atoms with van der Waals surface area (Å²) >= 11 is 0. The number of rotatable bonds is 3. The van der Waals surface area contributed by atoms with Crippen molar-refractivity contribution < 1.29 is 19.1 Å². The first-order chi connectivity index (χ1) is 9.08. The lowest BCUT2D eigenvalue weighted by Crippen LogP contribution is -2.18. The van der Waals surface area contributed by atoms with Crippen molar-refractivity contribution in [3.8, 4) is 0 Å². The second kappa shape index (κ2) is 4.33. The molecule has 0 radical (unpaired) electrons. The molecule has 0 saturated heterocycles. The van der Waals surface area contributed by atoms with Crippen LogP contribution in [0, 0.1) is 23.6 Å². The van der Waals surface area contributed by atoms with Crippen molar-refractivity contribution in [1.29, 1.82) is 0 Å². The van der Waals surface area contributed by atoms with Crippen LogP contribution in [0.4, 0.5) is 10.1 Å². The van der Waals surface area contributed by atoms with Crippen LogP contribution < -0.4 is 5.32 Å². The number of carboxylic acids is 1. The van der Waals surface area contributed by atoms with Gasteiger partial charge in [0, 0.05) is 5.92 Å². The van der Waals surface area contributed by atoms with Crippen molar-refractivity contribution in [2.75, 3.05) is 5.32 Å². The molecule has 3 rings (SSSR count). The van der Waals surface area contributed by atoms with E-state index in [0.717, 1.165) is 25.0 Å². The van der Waals surface area contributed by atoms with E-state index in [1.165, 1.54) is 12.5 Å². The molecule has 100 valence electrons. The Morgan fingerprint density at radius 3 is 2.58 bits per heavy atom. The summed E-state index contributed by atoms with van der Waals surface area (Å²) in [7, 11) is 0. The van der Waals surface area contributed by atoms with Gasteiger partial charge in [-0.1, -0.05) is 6.42 Å². The van der Waals surface area contributed by atoms with Gasteiger partial charge in [-0.15, -0.1) is 0 Å². The average molecular weight is 263 g/mol. The van der Waals surface area contributed by atoms with Gasteiger partial charge in [0.2, 0.25) is 5.91 Å². The van der Waals surface area contributed by atoms with Gasteiger partial charge in [-0.25, -0.2) is 9.18 Å². The van der Waals surface area contributed by atoms with Crippen LogP contribution in [0.25, 0.3) is 0 Å². The quantitative estimate of drug-likeness (QED) is 0.880. The third kappa shape index (κ3) is 2.09. The fraction of sp³-hybridized carbons (Fsp3) is 0.429. The highest BCUT2D eigenvalue weighted by Gasteiger charge is 2.56. The molecule has 0 heterocycles. The van der Waals surface area contributed by atoms with E-state index in [4.69, 9.17) is 5.11 Å². The first-order valence-corrected chi connectivity index (χ1v) is 6.41. The lowest BCUT2D eigenvalue weighted by atomic mass is 10.1. The Morgan fingerprint density at radius 2 is 1.95 bits per heavy atom. The summed E-state index contributed by atoms with van der Waals surface area (Å²) in [4.78, 5) is 23.1. The number of halogens is 1. The van der Waals surface area contributed by atoms with Crippen LogP contribution in [-0.4, -0.2) is 17.0 Å². The van der Waals surface area contributed by atoms with Crippen LogP contribution >= 0.6 is 0 Å². The van der Waals surface area contributed by atoms with E-state index in [-0.39, 0.29) is 23.1 Å². The number of amides is 1. The normalized spacial score (nSPS) is 27.7. The Labute approximate surface area is 109 Å². The van der Waals surface area contributed by atoms with Gasteiger partial charge in [0.25, 0.3) is 0 Å². The van der Waals surface area contributed by atoms with Crippen molar-refractivity contribution >= 4 is 17.6 Å². The van der Waals surface area contributed by atoms with Crippen LogP contribution in [0.2, 0.25) is 0 Å². The Bertz CT molecular complexity index is 548. The molecule has 5 heteroatoms. The highest BCUT2D eigenvalue weighted by molar-refractivity contribution is 6.02. The summed E-state index contributed by atoms with van der Waals surface area (Å²) in [5.41, 5.74) is -0.0389. The van der Waals surface area contributed by atoms with Crippen molar-refractivity contribution in [2.24, 2.45) is 17.8 Å². The molecule has 2 aliphatic rings. The molecule has 0 aromatic heterocycles. The summed E-state index contributed by atoms with van der Waals surface area (Å²) in [5.74, 6) is -1.03. The molecule has 4 nitrogen and oxygen atoms in total. The van der Waals surface area contributed by atoms with Crippen LogP contribution in [0.3, 0.4) is 0 Å². The van der Waals surface area contributed by atoms with Crippen LogP contribution in [0.15, 0.2) is 18.2 Å². The lowest BCUT2D eigenvalue weighted by Gasteiger charge is -2.09. The molecule has 0 spiro atoms. The summed E-state index contributed by atoms with van der Waals surface area (Å²) in [6.45, 7) is 0. The summed E-state index contributed by atoms with van der Waals surface area (Å²) in [5, 5.41) is 11.6. The van der Waals surface area contributed by atoms with E-state index in [1.807, 2.05) is 0 Å². The number of hydrogen-bond donors (Lipinski definition) is 2. The molecule has 2 unspecified atom stereocenters. The topological polar surface area (TPSA) is 66.4 Å². The number of aromatic carboxylic acids is 1. The largest absolute Gasteiger partial charge is 0.478 e. The number of hydrogen-bond acceptors (Lipinski definition) is 2. The first-order valence-electron chi connectivity index (χ1n) is 6.41. The number of anilines is 1. The molecule has 2 N–H and O–H groups in total. The monoisotopic (exact) mass is 263 g/mol. The molecule has 19 heavy (non-hydrogen) atoms. The van der Waals surface area contributed by atoms with Crippen molar-refractivity contribution in [2.45, 2.75) is 19.3 Å². The maximum absolute atomic E-state index is 13.2. The summed E-state index contributed by atoms with van der Waals surface area (Å²) in [6.07, 6.45) is 3.30. The second-order valence-corrected chi connectivity index (χ2v) is 5.27. The van der Waals surface area contributed by atoms with Crippen LogP contribution in [0.5, 0.6) is 0 Å². The Balaban J connectivity index is 1.77. The van der Waals surface area contributed by atoms with E-state index in [0.29, 0.717) is 11.8 Å². The van der Waals surface area contributed by atoms with Gasteiger partial charge in [-0.05, 0) is 42.9 Å². The van der Waals surface area contributed by atoms with E-state index in [2.05, 4.69) is 5.32 Å². The molecule has 2 fully saturated rings. The van der Waals surface area contributed by atoms with Gasteiger partial charge in [-0.2, -0.15) is 0 Å². The number of fused-ring (bicyclic) bond motifs is 1. The standard InChI is InChI=1S/C14H14FNO3/c15-7-4-5-10(14(18)19)11(6-7)16-13(17)12-8-2-1-3-9(8)12/h4-6,8-9,12H,1-3H2,(H,16,17)(H,18,19). The van der Waals surface area contributed by atoms with Gasteiger partial charge < -0.3 is 10.4 Å². The number of nitrogens with one attached hydrogen (secondary N) is 1. The first kappa shape index (κ1) is 12.1. The molecule has 1 aromatic rings. The fourth-order valence-electron chi connectivity index (χ4n) is 3.23. The molecular weight excluding hydrogens is 249 g/mol. The Morgan fingerprint density at radius 1 is 1.26 bits per heavy atom. The van der Waals surface area contributed by atoms with Crippen molar-refractivity contribution in [1.82, 2.24) is 0 Å². The highest BCUT2D eigenvalue weighted by atomic mass is 19.1. The molecule has 0 bridgehead atoms. The zero-order chi connectivity index (χ0) is 13.6. The minimum Gasteiger partial charge on any atom is -0.478 e. The average Bonchev–Trinajstić information content (AvgIpc) is 2.83. The molecular formula is C14H14FNO3. The molecule has 2 aliphatic carbocycles. The van der Waals surface area contributed by atoms with Gasteiger partial charge >= 0.3 is 5.97 Å². The smallest absolute Gasteiger partial charge is 0.337 e. The Kier molecular flexibility index (Phi) is 2.77. The third-order valence-electron chi connectivity index (χ3n) is 4.18. The summed E-state index contributed by atoms with van der Waals surface area (Å²) < 4.78 is 13.2. The zero-order valence-electron chi connectivity index (χ0n) is 10.2. The third-order valence-corrected chi connectivity index (χ3v) is 4.18. The SMILES string of the molecule is O=C(O)c1ccc(F)cc1NC(=O)C1C2CCCC21. The van der Waals surface area contributed by atoms with Crippen LogP contribution in [0.1, 0.15) is 29.6 Å². The van der Waals surface area contributed by atoms with Gasteiger partial charge in [0.1, 0.15) is 5.82 Å². The summed E-state index contributed by atoms with van der Waals surface area (Å²) in [6, 6.07) is 3.30. The zero-order valence-corrected chi connectivity index (χ0v) is 10.2. The molecule has 2 atom stereocenters. The second-order valence-electron chi connectivity index (χ2n) is 5.27. The predicted molar refractivity (Wildman–Crippen MR) is 66.3 cm³/mol. The number of carbonyl (C=O) groups is 2. The predicted octanol–water partition coefficient (Wildman–Crippen LogP) is 2.51. The van der Waals surface area contributed by atoms with Crippen LogP contribution in [-0.2, 0) is 4.79 Å². The fourth-order valence-corrected chi connectivity index (χ4v) is 3.23. The highest BCUT2D eigenvalue weighted by Crippen LogP contribution is 2.57. The minimum atomic E-state index is -1.17. The van der Waals surface area contributed by atoms with Crippen molar-refractivity contribution in [3.05, 3.63) is 29.6 Å². The van der Waals surface area contributed by atoms with E-state index >= 15 is 0 Å². The van der Waals surface area contributed by atoms with Gasteiger partial charge in [0.15, 0.2) is 0 Å². The minimum absolute atomic E-state index is 0.0151. The number of carbonyl (C=O) groups excluding carboxylic acids is 1. The molecule has 1 amide bonds.